The number of hydrogen-bond acceptors (Lipinski definition) is 6. The second kappa shape index (κ2) is 5.35. The van der Waals surface area contributed by atoms with Crippen LogP contribution in [0.1, 0.15) is 15.4 Å². The fourth-order valence-corrected chi connectivity index (χ4v) is 2.79. The lowest BCUT2D eigenvalue weighted by Crippen LogP contribution is -2.21. The number of aromatic nitrogens is 1. The molecule has 0 unspecified atom stereocenters. The Hall–Kier alpha value is -1.71. The fourth-order valence-electron chi connectivity index (χ4n) is 1.33. The molecule has 0 spiro atoms. The van der Waals surface area contributed by atoms with Crippen LogP contribution in [-0.2, 0) is 10.0 Å². The van der Waals surface area contributed by atoms with Gasteiger partial charge < -0.3 is 4.42 Å². The van der Waals surface area contributed by atoms with Gasteiger partial charge in [-0.1, -0.05) is 0 Å². The number of nitrogens with one attached hydrogen (secondary N) is 1. The minimum atomic E-state index is -3.68. The molecule has 0 atom stereocenters. The van der Waals surface area contributed by atoms with Gasteiger partial charge in [-0.15, -0.1) is 11.3 Å². The van der Waals surface area contributed by atoms with Gasteiger partial charge in [0, 0.05) is 25.2 Å². The van der Waals surface area contributed by atoms with Crippen molar-refractivity contribution < 1.29 is 17.6 Å². The highest BCUT2D eigenvalue weighted by molar-refractivity contribution is 7.88. The minimum absolute atomic E-state index is 0.0849. The van der Waals surface area contributed by atoms with E-state index in [1.54, 1.807) is 6.20 Å². The topological polar surface area (TPSA) is 92.5 Å². The molecule has 0 fully saturated rings. The first kappa shape index (κ1) is 14.7. The summed E-state index contributed by atoms with van der Waals surface area (Å²) in [6.45, 7) is 1.86. The van der Waals surface area contributed by atoms with Crippen LogP contribution in [0.4, 0.5) is 5.13 Å². The summed E-state index contributed by atoms with van der Waals surface area (Å²) in [6, 6.07) is 2.56. The van der Waals surface area contributed by atoms with Gasteiger partial charge in [-0.05, 0) is 19.1 Å². The molecule has 2 rings (SSSR count). The lowest BCUT2D eigenvalue weighted by atomic mass is 10.4. The molecule has 1 N–H and O–H groups in total. The Morgan fingerprint density at radius 2 is 2.10 bits per heavy atom. The van der Waals surface area contributed by atoms with E-state index >= 15 is 0 Å². The molecule has 1 amide bonds. The van der Waals surface area contributed by atoms with E-state index in [1.807, 2.05) is 6.92 Å². The van der Waals surface area contributed by atoms with Crippen molar-refractivity contribution in [3.63, 3.8) is 0 Å². The second-order valence-electron chi connectivity index (χ2n) is 4.14. The van der Waals surface area contributed by atoms with E-state index in [1.165, 1.54) is 37.6 Å². The summed E-state index contributed by atoms with van der Waals surface area (Å²) < 4.78 is 29.7. The van der Waals surface area contributed by atoms with Crippen LogP contribution >= 0.6 is 11.3 Å². The Labute approximate surface area is 120 Å². The van der Waals surface area contributed by atoms with E-state index in [0.29, 0.717) is 5.13 Å². The molecule has 0 aliphatic carbocycles. The maximum absolute atomic E-state index is 11.9. The molecule has 108 valence electrons. The van der Waals surface area contributed by atoms with Gasteiger partial charge in [-0.3, -0.25) is 10.1 Å². The molecule has 2 aromatic heterocycles. The molecule has 7 nitrogen and oxygen atoms in total. The maximum atomic E-state index is 11.9. The van der Waals surface area contributed by atoms with Crippen molar-refractivity contribution in [2.75, 3.05) is 19.4 Å². The number of furan rings is 1. The van der Waals surface area contributed by atoms with Crippen molar-refractivity contribution in [1.82, 2.24) is 9.29 Å². The Morgan fingerprint density at radius 1 is 1.40 bits per heavy atom. The first-order valence-corrected chi connectivity index (χ1v) is 7.82. The number of carbonyl (C=O) groups excluding carboxylic acids is 1. The minimum Gasteiger partial charge on any atom is -0.438 e. The summed E-state index contributed by atoms with van der Waals surface area (Å²) in [5, 5.41) is 2.70. The van der Waals surface area contributed by atoms with Gasteiger partial charge in [0.1, 0.15) is 0 Å². The molecule has 9 heteroatoms. The fraction of sp³-hybridized carbons (Fsp3) is 0.273. The lowest BCUT2D eigenvalue weighted by Gasteiger charge is -2.07. The molecule has 20 heavy (non-hydrogen) atoms. The monoisotopic (exact) mass is 315 g/mol. The van der Waals surface area contributed by atoms with Crippen molar-refractivity contribution in [2.24, 2.45) is 0 Å². The van der Waals surface area contributed by atoms with Crippen molar-refractivity contribution in [1.29, 1.82) is 0 Å². The summed E-state index contributed by atoms with van der Waals surface area (Å²) in [7, 11) is -0.915. The predicted molar refractivity (Wildman–Crippen MR) is 74.4 cm³/mol. The quantitative estimate of drug-likeness (QED) is 0.924. The van der Waals surface area contributed by atoms with Crippen molar-refractivity contribution >= 4 is 32.4 Å². The highest BCUT2D eigenvalue weighted by atomic mass is 32.2. The number of carbonyl (C=O) groups is 1. The van der Waals surface area contributed by atoms with E-state index in [4.69, 9.17) is 4.42 Å². The van der Waals surface area contributed by atoms with Crippen LogP contribution in [0.25, 0.3) is 0 Å². The van der Waals surface area contributed by atoms with Crippen LogP contribution in [0.3, 0.4) is 0 Å². The third-order valence-corrected chi connectivity index (χ3v) is 4.90. The average molecular weight is 315 g/mol. The van der Waals surface area contributed by atoms with Gasteiger partial charge in [-0.2, -0.15) is 0 Å². The van der Waals surface area contributed by atoms with Gasteiger partial charge in [0.05, 0.1) is 0 Å². The largest absolute Gasteiger partial charge is 0.438 e. The average Bonchev–Trinajstić information content (AvgIpc) is 2.98. The molecule has 2 heterocycles. The zero-order valence-corrected chi connectivity index (χ0v) is 12.7. The molecular weight excluding hydrogens is 302 g/mol. The third-order valence-electron chi connectivity index (χ3n) is 2.38. The number of sulfonamides is 1. The van der Waals surface area contributed by atoms with Gasteiger partial charge in [0.25, 0.3) is 15.9 Å². The molecule has 2 aromatic rings. The number of anilines is 1. The summed E-state index contributed by atoms with van der Waals surface area (Å²) in [4.78, 5) is 16.8. The van der Waals surface area contributed by atoms with Gasteiger partial charge in [-0.25, -0.2) is 17.7 Å². The number of hydrogen-bond donors (Lipinski definition) is 1. The van der Waals surface area contributed by atoms with E-state index in [0.717, 1.165) is 9.18 Å². The Morgan fingerprint density at radius 3 is 2.65 bits per heavy atom. The normalized spacial score (nSPS) is 11.8. The van der Waals surface area contributed by atoms with Gasteiger partial charge >= 0.3 is 0 Å². The highest BCUT2D eigenvalue weighted by Crippen LogP contribution is 2.20. The summed E-state index contributed by atoms with van der Waals surface area (Å²) in [5.41, 5.74) is 0. The van der Waals surface area contributed by atoms with E-state index < -0.39 is 15.9 Å². The summed E-state index contributed by atoms with van der Waals surface area (Å²) >= 11 is 1.32. The Kier molecular flexibility index (Phi) is 3.93. The van der Waals surface area contributed by atoms with E-state index in [9.17, 15) is 13.2 Å². The first-order valence-electron chi connectivity index (χ1n) is 5.57. The number of amides is 1. The molecule has 0 bridgehead atoms. The van der Waals surface area contributed by atoms with Crippen LogP contribution in [0.15, 0.2) is 27.8 Å². The number of rotatable bonds is 4. The highest BCUT2D eigenvalue weighted by Gasteiger charge is 2.23. The molecule has 0 aromatic carbocycles. The summed E-state index contributed by atoms with van der Waals surface area (Å²) in [6.07, 6.45) is 1.63. The molecule has 0 saturated heterocycles. The Bertz CT molecular complexity index is 730. The Balaban J connectivity index is 2.19. The van der Waals surface area contributed by atoms with Crippen molar-refractivity contribution in [3.05, 3.63) is 29.0 Å². The predicted octanol–water partition coefficient (Wildman–Crippen LogP) is 1.55. The van der Waals surface area contributed by atoms with Crippen LogP contribution in [0, 0.1) is 6.92 Å². The van der Waals surface area contributed by atoms with Crippen LogP contribution in [0.2, 0.25) is 0 Å². The third kappa shape index (κ3) is 2.89. The standard InChI is InChI=1S/C11H13N3O4S2/c1-7-6-12-11(19-7)13-10(15)8-4-5-9(18-8)20(16,17)14(2)3/h4-6H,1-3H3,(H,12,13,15). The van der Waals surface area contributed by atoms with Crippen LogP contribution < -0.4 is 5.32 Å². The molecular formula is C11H13N3O4S2. The van der Waals surface area contributed by atoms with E-state index in [-0.39, 0.29) is 10.9 Å². The molecule has 0 saturated carbocycles. The lowest BCUT2D eigenvalue weighted by molar-refractivity contribution is 0.0991. The maximum Gasteiger partial charge on any atom is 0.293 e. The molecule has 0 aliphatic rings. The zero-order chi connectivity index (χ0) is 14.9. The van der Waals surface area contributed by atoms with Crippen molar-refractivity contribution in [2.45, 2.75) is 12.0 Å². The van der Waals surface area contributed by atoms with E-state index in [2.05, 4.69) is 10.3 Å². The number of thiazole rings is 1. The SMILES string of the molecule is Cc1cnc(NC(=O)c2ccc(S(=O)(=O)N(C)C)o2)s1. The first-order chi connectivity index (χ1) is 9.30. The van der Waals surface area contributed by atoms with Crippen molar-refractivity contribution in [3.8, 4) is 0 Å². The second-order valence-corrected chi connectivity index (χ2v) is 7.45. The number of aryl methyl sites for hydroxylation is 1. The smallest absolute Gasteiger partial charge is 0.293 e. The van der Waals surface area contributed by atoms with Crippen LogP contribution in [0.5, 0.6) is 0 Å². The zero-order valence-electron chi connectivity index (χ0n) is 11.1. The molecule has 0 aliphatic heterocycles. The van der Waals surface area contributed by atoms with Gasteiger partial charge in [0.2, 0.25) is 5.09 Å². The molecule has 0 radical (unpaired) electrons. The van der Waals surface area contributed by atoms with Gasteiger partial charge in [0.15, 0.2) is 10.9 Å². The summed E-state index contributed by atoms with van der Waals surface area (Å²) in [5.74, 6) is -0.627. The number of nitrogens with zero attached hydrogens (tertiary/aromatic N) is 2. The van der Waals surface area contributed by atoms with Crippen LogP contribution in [-0.4, -0.2) is 37.7 Å².